The van der Waals surface area contributed by atoms with Crippen LogP contribution in [0, 0.1) is 0 Å². The Morgan fingerprint density at radius 3 is 2.44 bits per heavy atom. The van der Waals surface area contributed by atoms with Gasteiger partial charge in [-0.25, -0.2) is 13.1 Å². The first-order valence-corrected chi connectivity index (χ1v) is 10.6. The second-order valence-corrected chi connectivity index (χ2v) is 8.20. The van der Waals surface area contributed by atoms with Crippen molar-refractivity contribution in [3.63, 3.8) is 0 Å². The van der Waals surface area contributed by atoms with Crippen molar-refractivity contribution in [1.29, 1.82) is 0 Å². The number of rotatable bonds is 10. The Morgan fingerprint density at radius 2 is 1.84 bits per heavy atom. The fourth-order valence-electron chi connectivity index (χ4n) is 3.11. The maximum Gasteiger partial charge on any atom is 0.213 e. The first-order chi connectivity index (χ1) is 12.1. The minimum Gasteiger partial charge on any atom is -0.494 e. The van der Waals surface area contributed by atoms with Crippen LogP contribution in [0.2, 0.25) is 0 Å². The zero-order chi connectivity index (χ0) is 18.1. The number of likely N-dealkylation sites (tertiary alicyclic amines) is 1. The molecule has 1 saturated heterocycles. The molecule has 1 unspecified atom stereocenters. The van der Waals surface area contributed by atoms with E-state index < -0.39 is 10.0 Å². The average Bonchev–Trinajstić information content (AvgIpc) is 2.63. The molecule has 1 aromatic rings. The molecule has 7 heteroatoms. The van der Waals surface area contributed by atoms with Crippen molar-refractivity contribution in [3.8, 4) is 5.75 Å². The van der Waals surface area contributed by atoms with Crippen LogP contribution in [0.15, 0.2) is 24.3 Å². The zero-order valence-corrected chi connectivity index (χ0v) is 16.1. The van der Waals surface area contributed by atoms with Crippen molar-refractivity contribution in [3.05, 3.63) is 29.8 Å². The van der Waals surface area contributed by atoms with Gasteiger partial charge in [0.05, 0.1) is 19.0 Å². The molecule has 1 aliphatic rings. The molecule has 1 aromatic carbocycles. The van der Waals surface area contributed by atoms with Gasteiger partial charge in [0.15, 0.2) is 0 Å². The normalized spacial score (nSPS) is 17.4. The van der Waals surface area contributed by atoms with Crippen LogP contribution in [0.1, 0.15) is 37.8 Å². The second kappa shape index (κ2) is 10.1. The van der Waals surface area contributed by atoms with E-state index in [1.54, 1.807) is 0 Å². The third-order valence-corrected chi connectivity index (χ3v) is 5.77. The highest BCUT2D eigenvalue weighted by atomic mass is 32.2. The van der Waals surface area contributed by atoms with E-state index in [1.165, 1.54) is 13.5 Å². The lowest BCUT2D eigenvalue weighted by molar-refractivity contribution is 0.164. The highest BCUT2D eigenvalue weighted by Gasteiger charge is 2.24. The van der Waals surface area contributed by atoms with Crippen LogP contribution in [0.25, 0.3) is 0 Å². The summed E-state index contributed by atoms with van der Waals surface area (Å²) in [4.78, 5) is 2.37. The molecule has 142 valence electrons. The highest BCUT2D eigenvalue weighted by molar-refractivity contribution is 7.89. The van der Waals surface area contributed by atoms with E-state index in [1.807, 2.05) is 31.2 Å². The molecule has 1 atom stereocenters. The molecule has 1 aliphatic heterocycles. The number of methoxy groups -OCH3 is 1. The Kier molecular flexibility index (Phi) is 8.15. The van der Waals surface area contributed by atoms with E-state index in [0.29, 0.717) is 13.2 Å². The monoisotopic (exact) mass is 370 g/mol. The number of hydrogen-bond acceptors (Lipinski definition) is 5. The van der Waals surface area contributed by atoms with Gasteiger partial charge in [-0.2, -0.15) is 0 Å². The van der Waals surface area contributed by atoms with Crippen molar-refractivity contribution in [2.45, 2.75) is 32.2 Å². The standard InChI is InChI=1S/C18H30N2O4S/c1-3-24-17-9-7-16(8-10-17)18(20-11-5-4-6-12-20)15-19-25(21,22)14-13-23-2/h7-10,18-19H,3-6,11-15H2,1-2H3. The van der Waals surface area contributed by atoms with Gasteiger partial charge in [-0.15, -0.1) is 0 Å². The Hall–Kier alpha value is -1.15. The summed E-state index contributed by atoms with van der Waals surface area (Å²) in [7, 11) is -1.82. The summed E-state index contributed by atoms with van der Waals surface area (Å²) in [6, 6.07) is 8.01. The van der Waals surface area contributed by atoms with E-state index >= 15 is 0 Å². The molecule has 0 radical (unpaired) electrons. The maximum absolute atomic E-state index is 12.1. The molecule has 0 aromatic heterocycles. The van der Waals surface area contributed by atoms with Crippen LogP contribution in [-0.4, -0.2) is 59.0 Å². The van der Waals surface area contributed by atoms with Crippen molar-refractivity contribution in [1.82, 2.24) is 9.62 Å². The number of benzene rings is 1. The molecule has 0 saturated carbocycles. The fourth-order valence-corrected chi connectivity index (χ4v) is 4.05. The van der Waals surface area contributed by atoms with Gasteiger partial charge in [0.1, 0.15) is 5.75 Å². The smallest absolute Gasteiger partial charge is 0.213 e. The average molecular weight is 371 g/mol. The van der Waals surface area contributed by atoms with Crippen molar-refractivity contribution < 1.29 is 17.9 Å². The predicted octanol–water partition coefficient (Wildman–Crippen LogP) is 2.18. The first-order valence-electron chi connectivity index (χ1n) is 8.99. The van der Waals surface area contributed by atoms with Crippen LogP contribution in [0.5, 0.6) is 5.75 Å². The van der Waals surface area contributed by atoms with E-state index in [0.717, 1.165) is 37.2 Å². The molecule has 0 amide bonds. The SMILES string of the molecule is CCOc1ccc(C(CNS(=O)(=O)CCOC)N2CCCCC2)cc1. The highest BCUT2D eigenvalue weighted by Crippen LogP contribution is 2.26. The second-order valence-electron chi connectivity index (χ2n) is 6.27. The maximum atomic E-state index is 12.1. The van der Waals surface area contributed by atoms with Crippen LogP contribution in [0.4, 0.5) is 0 Å². The number of nitrogens with zero attached hydrogens (tertiary/aromatic N) is 1. The van der Waals surface area contributed by atoms with Crippen LogP contribution in [0.3, 0.4) is 0 Å². The Balaban J connectivity index is 2.09. The third kappa shape index (κ3) is 6.58. The minimum absolute atomic E-state index is 0.0144. The molecular formula is C18H30N2O4S. The van der Waals surface area contributed by atoms with Gasteiger partial charge in [-0.3, -0.25) is 4.90 Å². The molecule has 6 nitrogen and oxygen atoms in total. The van der Waals surface area contributed by atoms with Crippen molar-refractivity contribution >= 4 is 10.0 Å². The molecule has 25 heavy (non-hydrogen) atoms. The Morgan fingerprint density at radius 1 is 1.16 bits per heavy atom. The van der Waals surface area contributed by atoms with Crippen LogP contribution in [-0.2, 0) is 14.8 Å². The van der Waals surface area contributed by atoms with Gasteiger partial charge in [0.2, 0.25) is 10.0 Å². The van der Waals surface area contributed by atoms with Gasteiger partial charge in [-0.05, 0) is 50.6 Å². The van der Waals surface area contributed by atoms with Gasteiger partial charge in [0.25, 0.3) is 0 Å². The number of nitrogens with one attached hydrogen (secondary N) is 1. The number of sulfonamides is 1. The summed E-state index contributed by atoms with van der Waals surface area (Å²) in [5.41, 5.74) is 1.11. The van der Waals surface area contributed by atoms with Crippen LogP contribution >= 0.6 is 0 Å². The zero-order valence-electron chi connectivity index (χ0n) is 15.2. The molecule has 0 aliphatic carbocycles. The van der Waals surface area contributed by atoms with E-state index in [9.17, 15) is 8.42 Å². The minimum atomic E-state index is -3.33. The molecule has 2 rings (SSSR count). The first kappa shape index (κ1) is 20.2. The third-order valence-electron chi connectivity index (χ3n) is 4.46. The Bertz CT molecular complexity index is 598. The lowest BCUT2D eigenvalue weighted by Gasteiger charge is -2.35. The molecular weight excluding hydrogens is 340 g/mol. The summed E-state index contributed by atoms with van der Waals surface area (Å²) in [6.45, 7) is 5.16. The van der Waals surface area contributed by atoms with Crippen molar-refractivity contribution in [2.75, 3.05) is 45.7 Å². The van der Waals surface area contributed by atoms with Gasteiger partial charge < -0.3 is 9.47 Å². The van der Waals surface area contributed by atoms with E-state index in [4.69, 9.17) is 9.47 Å². The topological polar surface area (TPSA) is 67.9 Å². The summed E-state index contributed by atoms with van der Waals surface area (Å²) in [5.74, 6) is 0.823. The van der Waals surface area contributed by atoms with Gasteiger partial charge in [-0.1, -0.05) is 18.6 Å². The van der Waals surface area contributed by atoms with Gasteiger partial charge >= 0.3 is 0 Å². The summed E-state index contributed by atoms with van der Waals surface area (Å²) >= 11 is 0. The lowest BCUT2D eigenvalue weighted by atomic mass is 10.0. The number of hydrogen-bond donors (Lipinski definition) is 1. The molecule has 1 fully saturated rings. The van der Waals surface area contributed by atoms with E-state index in [-0.39, 0.29) is 18.4 Å². The Labute approximate surface area is 151 Å². The number of ether oxygens (including phenoxy) is 2. The number of piperidine rings is 1. The van der Waals surface area contributed by atoms with Gasteiger partial charge in [0, 0.05) is 19.7 Å². The largest absolute Gasteiger partial charge is 0.494 e. The molecule has 0 bridgehead atoms. The molecule has 0 spiro atoms. The summed E-state index contributed by atoms with van der Waals surface area (Å²) in [6.07, 6.45) is 3.56. The summed E-state index contributed by atoms with van der Waals surface area (Å²) < 4.78 is 37.4. The van der Waals surface area contributed by atoms with Crippen LogP contribution < -0.4 is 9.46 Å². The lowest BCUT2D eigenvalue weighted by Crippen LogP contribution is -2.41. The van der Waals surface area contributed by atoms with E-state index in [2.05, 4.69) is 9.62 Å². The fraction of sp³-hybridized carbons (Fsp3) is 0.667. The van der Waals surface area contributed by atoms with Crippen molar-refractivity contribution in [2.24, 2.45) is 0 Å². The molecule has 1 N–H and O–H groups in total. The summed E-state index contributed by atoms with van der Waals surface area (Å²) in [5, 5.41) is 0. The molecule has 1 heterocycles. The quantitative estimate of drug-likeness (QED) is 0.684. The predicted molar refractivity (Wildman–Crippen MR) is 99.4 cm³/mol.